The fourth-order valence-electron chi connectivity index (χ4n) is 0.568. The Kier molecular flexibility index (Phi) is 5.99. The average Bonchev–Trinajstić information content (AvgIpc) is 1.85. The maximum Gasteiger partial charge on any atom is 0.191 e. The molecular weight excluding hydrogens is 116 g/mol. The predicted molar refractivity (Wildman–Crippen MR) is 35.6 cm³/mol. The Morgan fingerprint density at radius 2 is 2.00 bits per heavy atom. The lowest BCUT2D eigenvalue weighted by atomic mass is 10.3. The molecule has 0 aromatic rings. The zero-order valence-electron chi connectivity index (χ0n) is 6.22. The van der Waals surface area contributed by atoms with E-state index in [9.17, 15) is 5.11 Å². The van der Waals surface area contributed by atoms with E-state index >= 15 is 0 Å². The van der Waals surface area contributed by atoms with Gasteiger partial charge in [0.1, 0.15) is 0 Å². The second-order valence-electron chi connectivity index (χ2n) is 2.09. The van der Waals surface area contributed by atoms with Crippen molar-refractivity contribution >= 4 is 0 Å². The Bertz CT molecular complexity index is 54.9. The summed E-state index contributed by atoms with van der Waals surface area (Å²) >= 11 is 0. The first-order chi connectivity index (χ1) is 4.31. The Hall–Kier alpha value is -0.0800. The fraction of sp³-hybridized carbons (Fsp3) is 1.00. The summed E-state index contributed by atoms with van der Waals surface area (Å²) in [6, 6.07) is 0. The lowest BCUT2D eigenvalue weighted by Gasteiger charge is -2.05. The van der Waals surface area contributed by atoms with Crippen molar-refractivity contribution in [1.82, 2.24) is 0 Å². The summed E-state index contributed by atoms with van der Waals surface area (Å²) in [5.41, 5.74) is 0. The van der Waals surface area contributed by atoms with E-state index in [1.165, 1.54) is 0 Å². The predicted octanol–water partition coefficient (Wildman–Crippen LogP) is 1.97. The highest BCUT2D eigenvalue weighted by Crippen LogP contribution is 1.98. The fourth-order valence-corrected chi connectivity index (χ4v) is 0.568. The van der Waals surface area contributed by atoms with Crippen LogP contribution in [0.5, 0.6) is 0 Å². The van der Waals surface area contributed by atoms with Gasteiger partial charge in [-0.1, -0.05) is 20.3 Å². The molecule has 0 aromatic carbocycles. The van der Waals surface area contributed by atoms with Gasteiger partial charge in [0, 0.05) is 13.0 Å². The summed E-state index contributed by atoms with van der Waals surface area (Å²) in [7, 11) is 0. The van der Waals surface area contributed by atoms with E-state index in [1.807, 2.05) is 13.8 Å². The molecule has 0 fully saturated rings. The second kappa shape index (κ2) is 6.05. The Morgan fingerprint density at radius 3 is 2.44 bits per heavy atom. The summed E-state index contributed by atoms with van der Waals surface area (Å²) < 4.78 is 4.88. The number of ether oxygens (including phenoxy) is 1. The minimum absolute atomic E-state index is 0.605. The van der Waals surface area contributed by atoms with Crippen LogP contribution in [0.15, 0.2) is 0 Å². The molecule has 0 aliphatic rings. The molecule has 0 aliphatic carbocycles. The molecule has 2 nitrogen and oxygen atoms in total. The van der Waals surface area contributed by atoms with Crippen LogP contribution in [0.1, 0.15) is 33.1 Å². The molecule has 0 N–H and O–H groups in total. The van der Waals surface area contributed by atoms with Crippen molar-refractivity contribution in [3.05, 3.63) is 0 Å². The smallest absolute Gasteiger partial charge is 0.191 e. The normalized spacial score (nSPS) is 13.7. The molecule has 0 saturated heterocycles. The van der Waals surface area contributed by atoms with Crippen LogP contribution in [0, 0.1) is 0 Å². The quantitative estimate of drug-likeness (QED) is 0.524. The second-order valence-corrected chi connectivity index (χ2v) is 2.09. The highest BCUT2D eigenvalue weighted by molar-refractivity contribution is 4.37. The molecule has 0 heterocycles. The van der Waals surface area contributed by atoms with Crippen molar-refractivity contribution in [1.29, 1.82) is 0 Å². The minimum Gasteiger partial charge on any atom is -0.350 e. The van der Waals surface area contributed by atoms with Crippen molar-refractivity contribution in [2.45, 2.75) is 39.4 Å². The third-order valence-electron chi connectivity index (χ3n) is 1.03. The van der Waals surface area contributed by atoms with Crippen molar-refractivity contribution in [3.8, 4) is 0 Å². The van der Waals surface area contributed by atoms with Gasteiger partial charge in [-0.15, -0.1) is 0 Å². The van der Waals surface area contributed by atoms with Gasteiger partial charge in [0.05, 0.1) is 0 Å². The highest BCUT2D eigenvalue weighted by Gasteiger charge is 2.01. The van der Waals surface area contributed by atoms with Crippen LogP contribution in [0.25, 0.3) is 0 Å². The van der Waals surface area contributed by atoms with Crippen molar-refractivity contribution in [2.24, 2.45) is 0 Å². The molecule has 0 rings (SSSR count). The zero-order valence-corrected chi connectivity index (χ0v) is 6.22. The van der Waals surface area contributed by atoms with Crippen LogP contribution < -0.4 is 0 Å². The van der Waals surface area contributed by atoms with E-state index in [2.05, 4.69) is 0 Å². The molecule has 2 heteroatoms. The average molecular weight is 131 g/mol. The largest absolute Gasteiger partial charge is 0.350 e. The molecule has 0 saturated carbocycles. The maximum absolute atomic E-state index is 10.7. The van der Waals surface area contributed by atoms with Gasteiger partial charge in [0.15, 0.2) is 6.29 Å². The zero-order chi connectivity index (χ0) is 7.11. The van der Waals surface area contributed by atoms with Gasteiger partial charge in [0.25, 0.3) is 0 Å². The lowest BCUT2D eigenvalue weighted by Crippen LogP contribution is -2.09. The van der Waals surface area contributed by atoms with E-state index in [0.29, 0.717) is 13.0 Å². The van der Waals surface area contributed by atoms with Crippen LogP contribution in [-0.2, 0) is 9.84 Å². The summed E-state index contributed by atoms with van der Waals surface area (Å²) in [5.74, 6) is 0. The minimum atomic E-state index is -0.782. The van der Waals surface area contributed by atoms with Crippen LogP contribution in [0.4, 0.5) is 0 Å². The van der Waals surface area contributed by atoms with Crippen LogP contribution >= 0.6 is 0 Å². The molecule has 1 unspecified atom stereocenters. The molecule has 9 heavy (non-hydrogen) atoms. The van der Waals surface area contributed by atoms with E-state index in [0.717, 1.165) is 12.8 Å². The van der Waals surface area contributed by atoms with E-state index in [1.54, 1.807) is 0 Å². The molecule has 0 amide bonds. The molecule has 0 aromatic heterocycles. The first-order valence-electron chi connectivity index (χ1n) is 3.58. The first kappa shape index (κ1) is 8.92. The summed E-state index contributed by atoms with van der Waals surface area (Å²) in [6.45, 7) is 4.59. The van der Waals surface area contributed by atoms with E-state index < -0.39 is 6.29 Å². The maximum atomic E-state index is 10.7. The molecule has 55 valence electrons. The van der Waals surface area contributed by atoms with Gasteiger partial charge in [-0.3, -0.25) is 0 Å². The van der Waals surface area contributed by atoms with Crippen molar-refractivity contribution in [2.75, 3.05) is 6.61 Å². The van der Waals surface area contributed by atoms with Crippen molar-refractivity contribution in [3.63, 3.8) is 0 Å². The van der Waals surface area contributed by atoms with Gasteiger partial charge < -0.3 is 4.74 Å². The molecular formula is C7H15O2. The van der Waals surface area contributed by atoms with Crippen LogP contribution in [-0.4, -0.2) is 12.9 Å². The summed E-state index contributed by atoms with van der Waals surface area (Å²) in [6.07, 6.45) is 1.70. The monoisotopic (exact) mass is 131 g/mol. The standard InChI is InChI=1S/C7H15O2/c1-3-5-7(8)9-6-4-2/h7H,3-6H2,1-2H3. The molecule has 0 spiro atoms. The van der Waals surface area contributed by atoms with Gasteiger partial charge in [-0.2, -0.15) is 0 Å². The first-order valence-corrected chi connectivity index (χ1v) is 3.58. The summed E-state index contributed by atoms with van der Waals surface area (Å²) in [5, 5.41) is 10.7. The Morgan fingerprint density at radius 1 is 1.33 bits per heavy atom. The van der Waals surface area contributed by atoms with Gasteiger partial charge in [0.2, 0.25) is 0 Å². The Labute approximate surface area is 56.8 Å². The van der Waals surface area contributed by atoms with E-state index in [4.69, 9.17) is 4.74 Å². The molecule has 0 bridgehead atoms. The van der Waals surface area contributed by atoms with Crippen LogP contribution in [0.3, 0.4) is 0 Å². The number of hydrogen-bond acceptors (Lipinski definition) is 1. The van der Waals surface area contributed by atoms with Gasteiger partial charge >= 0.3 is 0 Å². The van der Waals surface area contributed by atoms with Crippen LogP contribution in [0.2, 0.25) is 0 Å². The molecule has 1 atom stereocenters. The number of hydrogen-bond donors (Lipinski definition) is 0. The Balaban J connectivity index is 2.95. The highest BCUT2D eigenvalue weighted by atomic mass is 16.6. The molecule has 0 aliphatic heterocycles. The topological polar surface area (TPSA) is 29.1 Å². The summed E-state index contributed by atoms with van der Waals surface area (Å²) in [4.78, 5) is 0. The van der Waals surface area contributed by atoms with Gasteiger partial charge in [-0.05, 0) is 6.42 Å². The number of rotatable bonds is 5. The third-order valence-corrected chi connectivity index (χ3v) is 1.03. The lowest BCUT2D eigenvalue weighted by molar-refractivity contribution is -0.143. The van der Waals surface area contributed by atoms with Gasteiger partial charge in [-0.25, -0.2) is 5.11 Å². The molecule has 1 radical (unpaired) electrons. The third kappa shape index (κ3) is 5.80. The van der Waals surface area contributed by atoms with Crippen molar-refractivity contribution < 1.29 is 9.84 Å². The SMILES string of the molecule is CCCOC([O])CCC. The van der Waals surface area contributed by atoms with E-state index in [-0.39, 0.29) is 0 Å².